The van der Waals surface area contributed by atoms with E-state index in [-0.39, 0.29) is 30.7 Å². The number of carbonyl (C=O) groups is 2. The van der Waals surface area contributed by atoms with Crippen LogP contribution in [0, 0.1) is 11.8 Å². The molecule has 3 N–H and O–H groups in total. The SMILES string of the molecule is CC(C)(C)OC(=O)NCCC[C@H]1CCCC[C@H]1OCCO.CCOC(=O)[C@H]1CCCC[C@H]1O. The molecule has 0 radical (unpaired) electrons. The van der Waals surface area contributed by atoms with Crippen LogP contribution >= 0.6 is 0 Å². The zero-order valence-corrected chi connectivity index (χ0v) is 21.1. The number of ether oxygens (including phenoxy) is 3. The van der Waals surface area contributed by atoms with Gasteiger partial charge in [0.2, 0.25) is 0 Å². The first-order valence-electron chi connectivity index (χ1n) is 12.7. The summed E-state index contributed by atoms with van der Waals surface area (Å²) in [6.07, 6.45) is 9.73. The highest BCUT2D eigenvalue weighted by atomic mass is 16.6. The monoisotopic (exact) mass is 473 g/mol. The van der Waals surface area contributed by atoms with E-state index < -0.39 is 11.7 Å². The molecule has 0 aromatic carbocycles. The molecule has 2 aliphatic carbocycles. The molecule has 0 aromatic rings. The second kappa shape index (κ2) is 16.3. The third kappa shape index (κ3) is 13.2. The van der Waals surface area contributed by atoms with E-state index in [9.17, 15) is 14.7 Å². The predicted octanol–water partition coefficient (Wildman–Crippen LogP) is 3.96. The Balaban J connectivity index is 0.000000383. The van der Waals surface area contributed by atoms with Gasteiger partial charge < -0.3 is 29.7 Å². The van der Waals surface area contributed by atoms with Crippen molar-refractivity contribution in [2.45, 2.75) is 110 Å². The molecule has 4 atom stereocenters. The van der Waals surface area contributed by atoms with Crippen molar-refractivity contribution in [2.75, 3.05) is 26.4 Å². The lowest BCUT2D eigenvalue weighted by Gasteiger charge is -2.31. The van der Waals surface area contributed by atoms with Crippen LogP contribution in [0.5, 0.6) is 0 Å². The number of aliphatic hydroxyl groups is 2. The predicted molar refractivity (Wildman–Crippen MR) is 127 cm³/mol. The molecule has 0 unspecified atom stereocenters. The minimum Gasteiger partial charge on any atom is -0.466 e. The molecule has 2 saturated carbocycles. The van der Waals surface area contributed by atoms with Gasteiger partial charge in [0.05, 0.1) is 37.9 Å². The van der Waals surface area contributed by atoms with Crippen molar-refractivity contribution in [3.63, 3.8) is 0 Å². The van der Waals surface area contributed by atoms with E-state index in [0.29, 0.717) is 25.7 Å². The summed E-state index contributed by atoms with van der Waals surface area (Å²) >= 11 is 0. The van der Waals surface area contributed by atoms with Crippen LogP contribution in [0.25, 0.3) is 0 Å². The van der Waals surface area contributed by atoms with Gasteiger partial charge >= 0.3 is 12.1 Å². The summed E-state index contributed by atoms with van der Waals surface area (Å²) in [5, 5.41) is 21.1. The highest BCUT2D eigenvalue weighted by molar-refractivity contribution is 5.73. The Labute approximate surface area is 199 Å². The minimum atomic E-state index is -0.474. The lowest BCUT2D eigenvalue weighted by molar-refractivity contribution is -0.153. The third-order valence-corrected chi connectivity index (χ3v) is 6.00. The second-order valence-corrected chi connectivity index (χ2v) is 9.96. The van der Waals surface area contributed by atoms with E-state index in [1.165, 1.54) is 19.3 Å². The molecule has 0 bridgehead atoms. The van der Waals surface area contributed by atoms with E-state index in [1.807, 2.05) is 20.8 Å². The summed E-state index contributed by atoms with van der Waals surface area (Å²) in [6.45, 7) is 8.92. The van der Waals surface area contributed by atoms with Gasteiger partial charge in [-0.15, -0.1) is 0 Å². The summed E-state index contributed by atoms with van der Waals surface area (Å²) in [5.41, 5.74) is -0.448. The summed E-state index contributed by atoms with van der Waals surface area (Å²) in [6, 6.07) is 0. The molecule has 2 rings (SSSR count). The average Bonchev–Trinajstić information content (AvgIpc) is 2.75. The Bertz CT molecular complexity index is 549. The van der Waals surface area contributed by atoms with Gasteiger partial charge in [-0.2, -0.15) is 0 Å². The van der Waals surface area contributed by atoms with Crippen LogP contribution in [0.4, 0.5) is 4.79 Å². The number of hydrogen-bond acceptors (Lipinski definition) is 7. The van der Waals surface area contributed by atoms with E-state index in [4.69, 9.17) is 19.3 Å². The van der Waals surface area contributed by atoms with Crippen LogP contribution in [0.3, 0.4) is 0 Å². The normalized spacial score (nSPS) is 25.4. The molecule has 2 aliphatic rings. The zero-order chi connectivity index (χ0) is 24.7. The van der Waals surface area contributed by atoms with Crippen molar-refractivity contribution in [1.29, 1.82) is 0 Å². The number of esters is 1. The molecule has 33 heavy (non-hydrogen) atoms. The largest absolute Gasteiger partial charge is 0.466 e. The van der Waals surface area contributed by atoms with Crippen molar-refractivity contribution < 1.29 is 34.0 Å². The molecule has 8 nitrogen and oxygen atoms in total. The van der Waals surface area contributed by atoms with Gasteiger partial charge in [-0.3, -0.25) is 4.79 Å². The Morgan fingerprint density at radius 2 is 1.70 bits per heavy atom. The number of alkyl carbamates (subject to hydrolysis) is 1. The number of carbonyl (C=O) groups excluding carboxylic acids is 2. The van der Waals surface area contributed by atoms with Crippen molar-refractivity contribution in [3.8, 4) is 0 Å². The fourth-order valence-corrected chi connectivity index (χ4v) is 4.43. The third-order valence-electron chi connectivity index (χ3n) is 6.00. The molecule has 194 valence electrons. The van der Waals surface area contributed by atoms with Crippen LogP contribution < -0.4 is 5.32 Å². The Hall–Kier alpha value is -1.38. The molecule has 0 aliphatic heterocycles. The lowest BCUT2D eigenvalue weighted by atomic mass is 9.83. The van der Waals surface area contributed by atoms with Crippen molar-refractivity contribution >= 4 is 12.1 Å². The first-order chi connectivity index (χ1) is 15.7. The molecule has 0 saturated heterocycles. The van der Waals surface area contributed by atoms with Crippen molar-refractivity contribution in [3.05, 3.63) is 0 Å². The lowest BCUT2D eigenvalue weighted by Crippen LogP contribution is -2.34. The summed E-state index contributed by atoms with van der Waals surface area (Å²) in [4.78, 5) is 22.8. The van der Waals surface area contributed by atoms with Gasteiger partial charge in [-0.05, 0) is 72.1 Å². The maximum absolute atomic E-state index is 11.5. The van der Waals surface area contributed by atoms with Gasteiger partial charge in [0.15, 0.2) is 0 Å². The number of aliphatic hydroxyl groups excluding tert-OH is 2. The topological polar surface area (TPSA) is 114 Å². The molecule has 0 heterocycles. The molecular weight excluding hydrogens is 426 g/mol. The van der Waals surface area contributed by atoms with Gasteiger partial charge in [0.25, 0.3) is 0 Å². The van der Waals surface area contributed by atoms with E-state index in [2.05, 4.69) is 5.32 Å². The molecular formula is C25H47NO7. The Kier molecular flexibility index (Phi) is 14.6. The maximum atomic E-state index is 11.5. The number of rotatable bonds is 9. The average molecular weight is 474 g/mol. The molecule has 8 heteroatoms. The van der Waals surface area contributed by atoms with Gasteiger partial charge in [-0.1, -0.05) is 25.7 Å². The fraction of sp³-hybridized carbons (Fsp3) is 0.920. The summed E-state index contributed by atoms with van der Waals surface area (Å²) in [5.74, 6) is 0.0501. The van der Waals surface area contributed by atoms with Crippen LogP contribution in [0.15, 0.2) is 0 Å². The van der Waals surface area contributed by atoms with Crippen molar-refractivity contribution in [2.24, 2.45) is 11.8 Å². The van der Waals surface area contributed by atoms with Crippen LogP contribution in [-0.4, -0.2) is 66.4 Å². The maximum Gasteiger partial charge on any atom is 0.407 e. The van der Waals surface area contributed by atoms with Gasteiger partial charge in [0.1, 0.15) is 5.60 Å². The smallest absolute Gasteiger partial charge is 0.407 e. The van der Waals surface area contributed by atoms with Gasteiger partial charge in [0, 0.05) is 6.54 Å². The first kappa shape index (κ1) is 29.7. The van der Waals surface area contributed by atoms with E-state index >= 15 is 0 Å². The standard InChI is InChI=1S/C16H31NO4.C9H16O3/c1-16(2,3)21-15(19)17-10-6-8-13-7-4-5-9-14(13)20-12-11-18;1-2-12-9(11)7-5-3-4-6-8(7)10/h13-14,18H,4-12H2,1-3H3,(H,17,19);7-8,10H,2-6H2,1H3/t13-,14-;7-,8+/m10/s1. The Morgan fingerprint density at radius 1 is 1.03 bits per heavy atom. The summed E-state index contributed by atoms with van der Waals surface area (Å²) < 4.78 is 15.8. The highest BCUT2D eigenvalue weighted by Gasteiger charge is 2.30. The number of hydrogen-bond donors (Lipinski definition) is 3. The highest BCUT2D eigenvalue weighted by Crippen LogP contribution is 2.30. The summed E-state index contributed by atoms with van der Waals surface area (Å²) in [7, 11) is 0. The quantitative estimate of drug-likeness (QED) is 0.343. The Morgan fingerprint density at radius 3 is 2.33 bits per heavy atom. The molecule has 1 amide bonds. The van der Waals surface area contributed by atoms with E-state index in [0.717, 1.165) is 44.9 Å². The minimum absolute atomic E-state index is 0.0867. The molecule has 0 aromatic heterocycles. The van der Waals surface area contributed by atoms with Crippen LogP contribution in [-0.2, 0) is 19.0 Å². The molecule has 2 fully saturated rings. The van der Waals surface area contributed by atoms with Crippen molar-refractivity contribution in [1.82, 2.24) is 5.32 Å². The van der Waals surface area contributed by atoms with E-state index in [1.54, 1.807) is 6.92 Å². The fourth-order valence-electron chi connectivity index (χ4n) is 4.43. The van der Waals surface area contributed by atoms with Crippen LogP contribution in [0.2, 0.25) is 0 Å². The van der Waals surface area contributed by atoms with Gasteiger partial charge in [-0.25, -0.2) is 4.79 Å². The second-order valence-electron chi connectivity index (χ2n) is 9.96. The first-order valence-corrected chi connectivity index (χ1v) is 12.7. The molecule has 0 spiro atoms. The number of nitrogens with one attached hydrogen (secondary N) is 1. The zero-order valence-electron chi connectivity index (χ0n) is 21.1. The number of amides is 1. The van der Waals surface area contributed by atoms with Crippen LogP contribution in [0.1, 0.15) is 91.9 Å².